The van der Waals surface area contributed by atoms with Crippen LogP contribution in [-0.4, -0.2) is 50.7 Å². The quantitative estimate of drug-likeness (QED) is 0.0671. The third kappa shape index (κ3) is 27.7. The number of hydrogen-bond acceptors (Lipinski definition) is 3. The maximum absolute atomic E-state index is 11.9. The fourth-order valence-electron chi connectivity index (χ4n) is 4.96. The molecule has 5 heteroatoms. The van der Waals surface area contributed by atoms with Gasteiger partial charge in [0.1, 0.15) is 18.1 Å². The molecule has 0 aliphatic heterocycles. The summed E-state index contributed by atoms with van der Waals surface area (Å²) in [4.78, 5) is 11.9. The van der Waals surface area contributed by atoms with Gasteiger partial charge in [-0.05, 0) is 73.4 Å². The second-order valence-corrected chi connectivity index (χ2v) is 13.3. The highest BCUT2D eigenvalue weighted by atomic mass is 16.5. The molecule has 0 aliphatic rings. The lowest BCUT2D eigenvalue weighted by Crippen LogP contribution is -2.47. The highest BCUT2D eigenvalue weighted by Crippen LogP contribution is 2.24. The molecule has 0 heterocycles. The van der Waals surface area contributed by atoms with E-state index >= 15 is 0 Å². The zero-order valence-electron chi connectivity index (χ0n) is 36.7. The van der Waals surface area contributed by atoms with Gasteiger partial charge in [0.25, 0.3) is 5.91 Å². The predicted octanol–water partition coefficient (Wildman–Crippen LogP) is 13.2. The Morgan fingerprint density at radius 2 is 1.20 bits per heavy atom. The van der Waals surface area contributed by atoms with Gasteiger partial charge in [-0.1, -0.05) is 173 Å². The molecule has 0 fully saturated rings. The summed E-state index contributed by atoms with van der Waals surface area (Å²) in [5.41, 5.74) is 2.58. The van der Waals surface area contributed by atoms with E-state index in [4.69, 9.17) is 9.47 Å². The molecule has 0 saturated carbocycles. The van der Waals surface area contributed by atoms with Crippen LogP contribution in [-0.2, 0) is 11.4 Å². The minimum absolute atomic E-state index is 0.157. The maximum Gasteiger partial charge on any atom is 0.275 e. The lowest BCUT2D eigenvalue weighted by Gasteiger charge is -2.27. The zero-order valence-corrected chi connectivity index (χ0v) is 36.7. The molecule has 0 saturated heterocycles. The molecule has 0 spiro atoms. The van der Waals surface area contributed by atoms with Crippen LogP contribution in [0.2, 0.25) is 0 Å². The van der Waals surface area contributed by atoms with Crippen molar-refractivity contribution in [3.63, 3.8) is 0 Å². The Balaban J connectivity index is 0. The van der Waals surface area contributed by atoms with Gasteiger partial charge < -0.3 is 19.3 Å². The molecule has 3 rings (SSSR count). The van der Waals surface area contributed by atoms with Crippen LogP contribution in [0.3, 0.4) is 0 Å². The summed E-state index contributed by atoms with van der Waals surface area (Å²) in [5.74, 6) is 3.05. The number of hydrogen-bond donors (Lipinski definition) is 1. The zero-order chi connectivity index (χ0) is 40.9. The summed E-state index contributed by atoms with van der Waals surface area (Å²) in [7, 11) is 4.17. The van der Waals surface area contributed by atoms with Crippen molar-refractivity contribution in [2.45, 2.75) is 127 Å². The predicted molar refractivity (Wildman–Crippen MR) is 238 cm³/mol. The fraction of sp³-hybridized carbons (Fsp3) is 0.531. The van der Waals surface area contributed by atoms with Crippen molar-refractivity contribution in [3.8, 4) is 11.5 Å². The standard InChI is InChI=1S/C27H40N2O3.C16H22.3C2H6/c1-4-29(2,3)22-27(30)28-20-12-7-5-6-8-13-21-31-25-16-18-26(19-17-25)32-23-24-14-10-9-11-15-24;1-4-5-6-8-11-14(2)15(3)16-12-9-7-10-13-16;3*1-2/h9-11,14-19H,4-8,12-13,20-23H2,1-3H3;5-15H,4H2,1-3H3;3*1-2H3/p+1/b;6-5-,11-8-;;;. The van der Waals surface area contributed by atoms with Gasteiger partial charge in [0.2, 0.25) is 0 Å². The lowest BCUT2D eigenvalue weighted by atomic mass is 9.89. The van der Waals surface area contributed by atoms with Gasteiger partial charge in [-0.15, -0.1) is 0 Å². The maximum atomic E-state index is 11.9. The number of carbonyl (C=O) groups excluding carboxylic acids is 1. The highest BCUT2D eigenvalue weighted by Gasteiger charge is 2.16. The molecule has 304 valence electrons. The summed E-state index contributed by atoms with van der Waals surface area (Å²) in [5, 5.41) is 3.04. The van der Waals surface area contributed by atoms with Gasteiger partial charge in [-0.25, -0.2) is 0 Å². The largest absolute Gasteiger partial charge is 0.494 e. The summed E-state index contributed by atoms with van der Waals surface area (Å²) < 4.78 is 12.4. The van der Waals surface area contributed by atoms with E-state index in [2.05, 4.69) is 114 Å². The minimum atomic E-state index is 0.157. The summed E-state index contributed by atoms with van der Waals surface area (Å²) >= 11 is 0. The van der Waals surface area contributed by atoms with Gasteiger partial charge in [-0.2, -0.15) is 0 Å². The monoisotopic (exact) mass is 746 g/mol. The Morgan fingerprint density at radius 3 is 1.76 bits per heavy atom. The number of allylic oxidation sites excluding steroid dienone is 4. The van der Waals surface area contributed by atoms with E-state index in [-0.39, 0.29) is 5.91 Å². The number of amides is 1. The average Bonchev–Trinajstić information content (AvgIpc) is 3.22. The van der Waals surface area contributed by atoms with Gasteiger partial charge >= 0.3 is 0 Å². The van der Waals surface area contributed by atoms with Crippen molar-refractivity contribution in [1.82, 2.24) is 5.32 Å². The first-order valence-electron chi connectivity index (χ1n) is 21.1. The smallest absolute Gasteiger partial charge is 0.275 e. The number of rotatable bonds is 21. The van der Waals surface area contributed by atoms with Crippen LogP contribution in [0.4, 0.5) is 0 Å². The van der Waals surface area contributed by atoms with Crippen molar-refractivity contribution in [2.24, 2.45) is 5.92 Å². The van der Waals surface area contributed by atoms with E-state index in [9.17, 15) is 4.79 Å². The Labute approximate surface area is 333 Å². The van der Waals surface area contributed by atoms with E-state index < -0.39 is 0 Å². The second-order valence-electron chi connectivity index (χ2n) is 13.3. The molecule has 3 aromatic carbocycles. The van der Waals surface area contributed by atoms with Crippen molar-refractivity contribution in [3.05, 3.63) is 120 Å². The third-order valence-electron chi connectivity index (χ3n) is 8.67. The van der Waals surface area contributed by atoms with Crippen LogP contribution in [0.15, 0.2) is 109 Å². The van der Waals surface area contributed by atoms with E-state index in [1.807, 2.05) is 84.0 Å². The molecule has 5 nitrogen and oxygen atoms in total. The number of ether oxygens (including phenoxy) is 2. The van der Waals surface area contributed by atoms with Crippen molar-refractivity contribution < 1.29 is 18.8 Å². The number of carbonyl (C=O) groups is 1. The number of nitrogens with one attached hydrogen (secondary N) is 1. The molecule has 0 radical (unpaired) electrons. The van der Waals surface area contributed by atoms with Crippen LogP contribution >= 0.6 is 0 Å². The second kappa shape index (κ2) is 36.2. The molecular weight excluding hydrogens is 665 g/mol. The number of nitrogens with zero attached hydrogens (tertiary/aromatic N) is 1. The van der Waals surface area contributed by atoms with Crippen LogP contribution in [0.1, 0.15) is 131 Å². The molecule has 0 aromatic heterocycles. The number of quaternary nitrogens is 1. The molecule has 54 heavy (non-hydrogen) atoms. The van der Waals surface area contributed by atoms with E-state index in [0.29, 0.717) is 25.0 Å². The molecule has 0 aliphatic carbocycles. The Kier molecular flexibility index (Phi) is 35.0. The molecule has 0 bridgehead atoms. The van der Waals surface area contributed by atoms with E-state index in [0.717, 1.165) is 66.9 Å². The molecule has 1 amide bonds. The van der Waals surface area contributed by atoms with Crippen LogP contribution < -0.4 is 14.8 Å². The normalized spacial score (nSPS) is 11.6. The van der Waals surface area contributed by atoms with Crippen molar-refractivity contribution in [1.29, 1.82) is 0 Å². The van der Waals surface area contributed by atoms with Crippen molar-refractivity contribution >= 4 is 5.91 Å². The molecule has 1 N–H and O–H groups in total. The van der Waals surface area contributed by atoms with Crippen molar-refractivity contribution in [2.75, 3.05) is 40.3 Å². The summed E-state index contributed by atoms with van der Waals surface area (Å²) in [6.45, 7) is 24.4. The first-order chi connectivity index (χ1) is 26.2. The number of benzene rings is 3. The van der Waals surface area contributed by atoms with Crippen LogP contribution in [0.5, 0.6) is 11.5 Å². The summed E-state index contributed by atoms with van der Waals surface area (Å²) in [6, 6.07) is 28.7. The first-order valence-corrected chi connectivity index (χ1v) is 21.1. The Bertz CT molecular complexity index is 1290. The summed E-state index contributed by atoms with van der Waals surface area (Å²) in [6.07, 6.45) is 16.7. The highest BCUT2D eigenvalue weighted by molar-refractivity contribution is 5.77. The third-order valence-corrected chi connectivity index (χ3v) is 8.67. The van der Waals surface area contributed by atoms with Gasteiger partial charge in [0.05, 0.1) is 27.2 Å². The fourth-order valence-corrected chi connectivity index (χ4v) is 4.96. The SMILES string of the molecule is CC.CC.CC.CC/C=C\C=C/C(C)C(C)c1ccccc1.CC[N+](C)(C)CC(=O)NCCCCCCCCOc1ccc(OCc2ccccc2)cc1. The molecular formula is C49H81N2O3+. The van der Waals surface area contributed by atoms with Gasteiger partial charge in [-0.3, -0.25) is 4.79 Å². The lowest BCUT2D eigenvalue weighted by molar-refractivity contribution is -0.880. The molecule has 3 aromatic rings. The Hall–Kier alpha value is -3.83. The molecule has 2 atom stereocenters. The van der Waals surface area contributed by atoms with Gasteiger partial charge in [0, 0.05) is 6.54 Å². The number of likely N-dealkylation sites (N-methyl/N-ethyl adjacent to an activating group) is 1. The Morgan fingerprint density at radius 1 is 0.685 bits per heavy atom. The number of unbranched alkanes of at least 4 members (excludes halogenated alkanes) is 5. The molecule has 2 unspecified atom stereocenters. The van der Waals surface area contributed by atoms with Crippen LogP contribution in [0.25, 0.3) is 0 Å². The van der Waals surface area contributed by atoms with E-state index in [1.54, 1.807) is 0 Å². The van der Waals surface area contributed by atoms with Crippen LogP contribution in [0, 0.1) is 5.92 Å². The first kappa shape index (κ1) is 52.3. The van der Waals surface area contributed by atoms with Gasteiger partial charge in [0.15, 0.2) is 6.54 Å². The van der Waals surface area contributed by atoms with E-state index in [1.165, 1.54) is 24.8 Å². The average molecular weight is 746 g/mol. The minimum Gasteiger partial charge on any atom is -0.494 e. The topological polar surface area (TPSA) is 47.6 Å².